The summed E-state index contributed by atoms with van der Waals surface area (Å²) in [6.45, 7) is 2.93. The van der Waals surface area contributed by atoms with E-state index in [4.69, 9.17) is 9.84 Å². The second-order valence-electron chi connectivity index (χ2n) is 3.16. The van der Waals surface area contributed by atoms with Gasteiger partial charge in [0, 0.05) is 11.1 Å². The number of hydrogen-bond acceptors (Lipinski definition) is 4. The van der Waals surface area contributed by atoms with Gasteiger partial charge in [-0.05, 0) is 13.8 Å². The molecule has 0 heterocycles. The molecule has 1 aromatic rings. The number of methoxy groups -OCH3 is 1. The summed E-state index contributed by atoms with van der Waals surface area (Å²) in [5, 5.41) is 27.9. The van der Waals surface area contributed by atoms with Gasteiger partial charge in [0.05, 0.1) is 12.7 Å². The van der Waals surface area contributed by atoms with Crippen molar-refractivity contribution >= 4 is 5.97 Å². The van der Waals surface area contributed by atoms with Gasteiger partial charge in [0.2, 0.25) is 5.75 Å². The molecular weight excluding hydrogens is 200 g/mol. The number of benzene rings is 1. The molecule has 15 heavy (non-hydrogen) atoms. The Balaban J connectivity index is 3.68. The van der Waals surface area contributed by atoms with Gasteiger partial charge in [-0.15, -0.1) is 0 Å². The zero-order valence-electron chi connectivity index (χ0n) is 8.66. The first kappa shape index (κ1) is 11.2. The van der Waals surface area contributed by atoms with Crippen LogP contribution in [0, 0.1) is 13.8 Å². The summed E-state index contributed by atoms with van der Waals surface area (Å²) < 4.78 is 4.83. The molecule has 0 aliphatic heterocycles. The van der Waals surface area contributed by atoms with Crippen LogP contribution in [-0.4, -0.2) is 28.4 Å². The summed E-state index contributed by atoms with van der Waals surface area (Å²) in [5.41, 5.74) is 0.359. The van der Waals surface area contributed by atoms with E-state index in [0.29, 0.717) is 0 Å². The highest BCUT2D eigenvalue weighted by atomic mass is 16.5. The lowest BCUT2D eigenvalue weighted by atomic mass is 10.00. The average Bonchev–Trinajstić information content (AvgIpc) is 2.15. The van der Waals surface area contributed by atoms with Gasteiger partial charge in [0.1, 0.15) is 0 Å². The molecule has 3 N–H and O–H groups in total. The van der Waals surface area contributed by atoms with Gasteiger partial charge < -0.3 is 20.1 Å². The van der Waals surface area contributed by atoms with Crippen molar-refractivity contribution in [1.29, 1.82) is 0 Å². The lowest BCUT2D eigenvalue weighted by molar-refractivity contribution is 0.0694. The van der Waals surface area contributed by atoms with Crippen LogP contribution in [0.15, 0.2) is 0 Å². The van der Waals surface area contributed by atoms with Gasteiger partial charge >= 0.3 is 5.97 Å². The van der Waals surface area contributed by atoms with Crippen LogP contribution < -0.4 is 4.74 Å². The van der Waals surface area contributed by atoms with Crippen molar-refractivity contribution in [2.75, 3.05) is 7.11 Å². The number of carboxylic acid groups (broad SMARTS) is 1. The Labute approximate surface area is 86.5 Å². The van der Waals surface area contributed by atoms with Crippen molar-refractivity contribution in [3.05, 3.63) is 16.7 Å². The lowest BCUT2D eigenvalue weighted by Crippen LogP contribution is -2.05. The molecule has 0 unspecified atom stereocenters. The molecule has 0 atom stereocenters. The summed E-state index contributed by atoms with van der Waals surface area (Å²) in [4.78, 5) is 10.9. The number of phenolic OH excluding ortho intramolecular Hbond substituents is 2. The Hall–Kier alpha value is -1.91. The zero-order chi connectivity index (χ0) is 11.7. The van der Waals surface area contributed by atoms with E-state index in [9.17, 15) is 15.0 Å². The van der Waals surface area contributed by atoms with Crippen molar-refractivity contribution in [3.8, 4) is 17.2 Å². The summed E-state index contributed by atoms with van der Waals surface area (Å²) >= 11 is 0. The van der Waals surface area contributed by atoms with Crippen LogP contribution >= 0.6 is 0 Å². The molecule has 0 saturated heterocycles. The summed E-state index contributed by atoms with van der Waals surface area (Å²) in [6, 6.07) is 0. The fourth-order valence-corrected chi connectivity index (χ4v) is 1.55. The Morgan fingerprint density at radius 3 is 2.07 bits per heavy atom. The second kappa shape index (κ2) is 3.68. The van der Waals surface area contributed by atoms with Crippen LogP contribution in [-0.2, 0) is 0 Å². The minimum absolute atomic E-state index is 0.0181. The van der Waals surface area contributed by atoms with Gasteiger partial charge in [-0.2, -0.15) is 0 Å². The van der Waals surface area contributed by atoms with Crippen LogP contribution in [0.2, 0.25) is 0 Å². The van der Waals surface area contributed by atoms with E-state index in [-0.39, 0.29) is 22.4 Å². The maximum absolute atomic E-state index is 10.9. The molecule has 1 rings (SSSR count). The fourth-order valence-electron chi connectivity index (χ4n) is 1.55. The quantitative estimate of drug-likeness (QED) is 0.645. The molecule has 0 aliphatic rings. The third-order valence-electron chi connectivity index (χ3n) is 2.30. The largest absolute Gasteiger partial charge is 0.504 e. The van der Waals surface area contributed by atoms with Crippen molar-refractivity contribution in [3.63, 3.8) is 0 Å². The molecule has 0 bridgehead atoms. The van der Waals surface area contributed by atoms with Crippen LogP contribution in [0.4, 0.5) is 0 Å². The van der Waals surface area contributed by atoms with Crippen LogP contribution in [0.5, 0.6) is 17.2 Å². The minimum atomic E-state index is -1.17. The predicted octanol–water partition coefficient (Wildman–Crippen LogP) is 1.42. The van der Waals surface area contributed by atoms with E-state index < -0.39 is 17.5 Å². The predicted molar refractivity (Wildman–Crippen MR) is 52.8 cm³/mol. The number of ether oxygens (including phenoxy) is 1. The molecule has 5 nitrogen and oxygen atoms in total. The van der Waals surface area contributed by atoms with Crippen LogP contribution in [0.25, 0.3) is 0 Å². The standard InChI is InChI=1S/C10H12O5/c1-4-6(10(13)14)5(2)9(15-3)8(12)7(4)11/h11-12H,1-3H3,(H,13,14). The zero-order valence-corrected chi connectivity index (χ0v) is 8.66. The number of carbonyl (C=O) groups is 1. The first-order chi connectivity index (χ1) is 6.91. The minimum Gasteiger partial charge on any atom is -0.504 e. The van der Waals surface area contributed by atoms with E-state index in [2.05, 4.69) is 0 Å². The Morgan fingerprint density at radius 2 is 1.67 bits per heavy atom. The fraction of sp³-hybridized carbons (Fsp3) is 0.300. The van der Waals surface area contributed by atoms with Gasteiger partial charge in [-0.3, -0.25) is 0 Å². The lowest BCUT2D eigenvalue weighted by Gasteiger charge is -2.14. The SMILES string of the molecule is COc1c(C)c(C(=O)O)c(C)c(O)c1O. The molecule has 1 aromatic carbocycles. The van der Waals surface area contributed by atoms with E-state index >= 15 is 0 Å². The number of phenols is 2. The monoisotopic (exact) mass is 212 g/mol. The van der Waals surface area contributed by atoms with E-state index in [1.807, 2.05) is 0 Å². The third-order valence-corrected chi connectivity index (χ3v) is 2.30. The van der Waals surface area contributed by atoms with Crippen molar-refractivity contribution < 1.29 is 24.9 Å². The smallest absolute Gasteiger partial charge is 0.336 e. The van der Waals surface area contributed by atoms with Crippen LogP contribution in [0.1, 0.15) is 21.5 Å². The highest BCUT2D eigenvalue weighted by Gasteiger charge is 2.23. The third kappa shape index (κ3) is 1.56. The van der Waals surface area contributed by atoms with Gasteiger partial charge in [-0.25, -0.2) is 4.79 Å². The first-order valence-corrected chi connectivity index (χ1v) is 4.24. The maximum atomic E-state index is 10.9. The number of aromatic carboxylic acids is 1. The summed E-state index contributed by atoms with van der Waals surface area (Å²) in [7, 11) is 1.29. The van der Waals surface area contributed by atoms with Gasteiger partial charge in [0.15, 0.2) is 11.5 Å². The molecule has 0 radical (unpaired) electrons. The van der Waals surface area contributed by atoms with E-state index in [1.165, 1.54) is 21.0 Å². The molecule has 0 saturated carbocycles. The molecule has 0 fully saturated rings. The van der Waals surface area contributed by atoms with Crippen molar-refractivity contribution in [2.24, 2.45) is 0 Å². The van der Waals surface area contributed by atoms with E-state index in [0.717, 1.165) is 0 Å². The molecule has 0 amide bonds. The number of hydrogen-bond donors (Lipinski definition) is 3. The Bertz CT molecular complexity index is 423. The van der Waals surface area contributed by atoms with Gasteiger partial charge in [0.25, 0.3) is 0 Å². The topological polar surface area (TPSA) is 87.0 Å². The van der Waals surface area contributed by atoms with Crippen molar-refractivity contribution in [2.45, 2.75) is 13.8 Å². The summed E-state index contributed by atoms with van der Waals surface area (Å²) in [5.74, 6) is -2.08. The van der Waals surface area contributed by atoms with Crippen molar-refractivity contribution in [1.82, 2.24) is 0 Å². The van der Waals surface area contributed by atoms with E-state index in [1.54, 1.807) is 0 Å². The molecule has 0 aliphatic carbocycles. The van der Waals surface area contributed by atoms with Gasteiger partial charge in [-0.1, -0.05) is 0 Å². The molecule has 0 spiro atoms. The average molecular weight is 212 g/mol. The molecule has 82 valence electrons. The maximum Gasteiger partial charge on any atom is 0.336 e. The Morgan fingerprint density at radius 1 is 1.13 bits per heavy atom. The number of aromatic hydroxyl groups is 2. The molecule has 5 heteroatoms. The molecule has 0 aromatic heterocycles. The highest BCUT2D eigenvalue weighted by molar-refractivity contribution is 5.93. The number of carboxylic acids is 1. The highest BCUT2D eigenvalue weighted by Crippen LogP contribution is 2.42. The second-order valence-corrected chi connectivity index (χ2v) is 3.16. The van der Waals surface area contributed by atoms with Crippen LogP contribution in [0.3, 0.4) is 0 Å². The first-order valence-electron chi connectivity index (χ1n) is 4.24. The molecular formula is C10H12O5. The normalized spacial score (nSPS) is 10.1. The Kier molecular flexibility index (Phi) is 2.74. The summed E-state index contributed by atoms with van der Waals surface area (Å²) in [6.07, 6.45) is 0. The number of rotatable bonds is 2.